The Hall–Kier alpha value is -2.59. The number of hydrogen-bond acceptors (Lipinski definition) is 0. The Balaban J connectivity index is 1.70. The molecule has 3 aromatic carbocycles. The van der Waals surface area contributed by atoms with Crippen molar-refractivity contribution in [3.05, 3.63) is 82.7 Å². The van der Waals surface area contributed by atoms with Crippen molar-refractivity contribution in [3.8, 4) is 11.8 Å². The van der Waals surface area contributed by atoms with Gasteiger partial charge in [0.1, 0.15) is 5.82 Å². The molecule has 0 aromatic heterocycles. The van der Waals surface area contributed by atoms with E-state index in [1.807, 2.05) is 30.3 Å². The molecule has 0 amide bonds. The molecule has 1 heteroatoms. The predicted molar refractivity (Wildman–Crippen MR) is 123 cm³/mol. The van der Waals surface area contributed by atoms with E-state index in [9.17, 15) is 4.39 Å². The highest BCUT2D eigenvalue weighted by Crippen LogP contribution is 2.23. The fourth-order valence-corrected chi connectivity index (χ4v) is 3.63. The zero-order valence-corrected chi connectivity index (χ0v) is 17.7. The number of halogens is 1. The highest BCUT2D eigenvalue weighted by atomic mass is 19.1. The summed E-state index contributed by atoms with van der Waals surface area (Å²) >= 11 is 0. The second-order valence-electron chi connectivity index (χ2n) is 7.84. The van der Waals surface area contributed by atoms with Crippen molar-refractivity contribution in [3.63, 3.8) is 0 Å². The second kappa shape index (κ2) is 10.8. The molecule has 0 aliphatic heterocycles. The fraction of sp³-hybridized carbons (Fsp3) is 0.357. The summed E-state index contributed by atoms with van der Waals surface area (Å²) in [6.45, 7) is 4.37. The molecule has 29 heavy (non-hydrogen) atoms. The van der Waals surface area contributed by atoms with Crippen LogP contribution in [0.1, 0.15) is 74.6 Å². The molecule has 3 rings (SSSR count). The largest absolute Gasteiger partial charge is 0.206 e. The van der Waals surface area contributed by atoms with Gasteiger partial charge in [0.15, 0.2) is 0 Å². The van der Waals surface area contributed by atoms with Crippen LogP contribution in [-0.4, -0.2) is 0 Å². The van der Waals surface area contributed by atoms with Crippen LogP contribution in [0, 0.1) is 17.7 Å². The summed E-state index contributed by atoms with van der Waals surface area (Å²) in [7, 11) is 0. The van der Waals surface area contributed by atoms with Crippen molar-refractivity contribution >= 4 is 10.8 Å². The molecule has 0 heterocycles. The molecule has 0 bridgehead atoms. The van der Waals surface area contributed by atoms with Gasteiger partial charge in [-0.15, -0.1) is 0 Å². The molecule has 0 spiro atoms. The number of aryl methyl sites for hydroxylation is 2. The Morgan fingerprint density at radius 1 is 0.690 bits per heavy atom. The number of unbranched alkanes of at least 4 members (excludes halogenated alkanes) is 4. The summed E-state index contributed by atoms with van der Waals surface area (Å²) in [6, 6.07) is 18.3. The van der Waals surface area contributed by atoms with Crippen LogP contribution in [0.4, 0.5) is 4.39 Å². The molecule has 0 saturated heterocycles. The first-order chi connectivity index (χ1) is 14.2. The third-order valence-electron chi connectivity index (χ3n) is 5.46. The molecule has 0 atom stereocenters. The smallest absolute Gasteiger partial charge is 0.134 e. The van der Waals surface area contributed by atoms with E-state index in [1.54, 1.807) is 0 Å². The topological polar surface area (TPSA) is 0 Å². The lowest BCUT2D eigenvalue weighted by Gasteiger charge is -2.06. The summed E-state index contributed by atoms with van der Waals surface area (Å²) in [5, 5.41) is 1.61. The van der Waals surface area contributed by atoms with E-state index >= 15 is 0 Å². The summed E-state index contributed by atoms with van der Waals surface area (Å²) in [5.41, 5.74) is 4.13. The minimum Gasteiger partial charge on any atom is -0.206 e. The maximum absolute atomic E-state index is 14.7. The first kappa shape index (κ1) is 21.1. The normalized spacial score (nSPS) is 10.7. The summed E-state index contributed by atoms with van der Waals surface area (Å²) in [4.78, 5) is 0. The van der Waals surface area contributed by atoms with Gasteiger partial charge in [0.25, 0.3) is 0 Å². The molecule has 3 aromatic rings. The van der Waals surface area contributed by atoms with Crippen molar-refractivity contribution in [2.75, 3.05) is 0 Å². The second-order valence-corrected chi connectivity index (χ2v) is 7.84. The monoisotopic (exact) mass is 386 g/mol. The zero-order valence-electron chi connectivity index (χ0n) is 17.7. The lowest BCUT2D eigenvalue weighted by molar-refractivity contribution is 0.614. The Morgan fingerprint density at radius 3 is 2.17 bits per heavy atom. The number of hydrogen-bond donors (Lipinski definition) is 0. The third-order valence-corrected chi connectivity index (χ3v) is 5.46. The molecular weight excluding hydrogens is 355 g/mol. The lowest BCUT2D eigenvalue weighted by atomic mass is 10.0. The molecule has 0 nitrogen and oxygen atoms in total. The zero-order chi connectivity index (χ0) is 20.5. The van der Waals surface area contributed by atoms with Gasteiger partial charge in [-0.05, 0) is 66.5 Å². The van der Waals surface area contributed by atoms with Crippen LogP contribution < -0.4 is 0 Å². The van der Waals surface area contributed by atoms with E-state index < -0.39 is 0 Å². The van der Waals surface area contributed by atoms with Crippen molar-refractivity contribution in [1.82, 2.24) is 0 Å². The molecule has 0 radical (unpaired) electrons. The van der Waals surface area contributed by atoms with Crippen LogP contribution in [0.5, 0.6) is 0 Å². The highest BCUT2D eigenvalue weighted by Gasteiger charge is 2.07. The van der Waals surface area contributed by atoms with Crippen LogP contribution in [0.15, 0.2) is 54.6 Å². The summed E-state index contributed by atoms with van der Waals surface area (Å²) in [6.07, 6.45) is 9.19. The third kappa shape index (κ3) is 5.94. The highest BCUT2D eigenvalue weighted by molar-refractivity contribution is 5.85. The van der Waals surface area contributed by atoms with Crippen LogP contribution in [0.3, 0.4) is 0 Å². The molecular formula is C28H31F. The fourth-order valence-electron chi connectivity index (χ4n) is 3.63. The maximum atomic E-state index is 14.7. The minimum absolute atomic E-state index is 0.0787. The molecule has 0 N–H and O–H groups in total. The molecule has 0 fully saturated rings. The Labute approximate surface area is 175 Å². The average Bonchev–Trinajstić information content (AvgIpc) is 2.75. The van der Waals surface area contributed by atoms with E-state index in [0.29, 0.717) is 5.39 Å². The van der Waals surface area contributed by atoms with Crippen LogP contribution >= 0.6 is 0 Å². The minimum atomic E-state index is -0.0787. The first-order valence-corrected chi connectivity index (χ1v) is 11.0. The quantitative estimate of drug-likeness (QED) is 0.273. The van der Waals surface area contributed by atoms with Crippen LogP contribution in [-0.2, 0) is 12.8 Å². The van der Waals surface area contributed by atoms with Gasteiger partial charge in [-0.25, -0.2) is 4.39 Å². The lowest BCUT2D eigenvalue weighted by Crippen LogP contribution is -1.92. The van der Waals surface area contributed by atoms with Crippen molar-refractivity contribution in [1.29, 1.82) is 0 Å². The Morgan fingerprint density at radius 2 is 1.41 bits per heavy atom. The van der Waals surface area contributed by atoms with E-state index in [0.717, 1.165) is 47.8 Å². The van der Waals surface area contributed by atoms with Gasteiger partial charge in [-0.2, -0.15) is 0 Å². The van der Waals surface area contributed by atoms with Gasteiger partial charge in [0.05, 0.1) is 0 Å². The maximum Gasteiger partial charge on any atom is 0.134 e. The summed E-state index contributed by atoms with van der Waals surface area (Å²) < 4.78 is 14.7. The van der Waals surface area contributed by atoms with Gasteiger partial charge < -0.3 is 0 Å². The molecule has 0 aliphatic carbocycles. The van der Waals surface area contributed by atoms with Crippen LogP contribution in [0.2, 0.25) is 0 Å². The van der Waals surface area contributed by atoms with E-state index in [2.05, 4.69) is 50.0 Å². The number of rotatable bonds is 8. The molecule has 0 saturated carbocycles. The predicted octanol–water partition coefficient (Wildman–Crippen LogP) is 7.84. The van der Waals surface area contributed by atoms with Crippen molar-refractivity contribution in [2.45, 2.75) is 65.2 Å². The number of benzene rings is 3. The van der Waals surface area contributed by atoms with Gasteiger partial charge in [0.2, 0.25) is 0 Å². The molecule has 150 valence electrons. The van der Waals surface area contributed by atoms with Gasteiger partial charge in [-0.1, -0.05) is 81.7 Å². The summed E-state index contributed by atoms with van der Waals surface area (Å²) in [5.74, 6) is 6.39. The van der Waals surface area contributed by atoms with Crippen LogP contribution in [0.25, 0.3) is 10.8 Å². The van der Waals surface area contributed by atoms with Gasteiger partial charge in [-0.3, -0.25) is 0 Å². The van der Waals surface area contributed by atoms with Crippen molar-refractivity contribution in [2.24, 2.45) is 0 Å². The SMILES string of the molecule is CCCCCCc1ccc(C#Cc2ccc3c(F)c(CCCC)ccc3c2)cc1. The van der Waals surface area contributed by atoms with Gasteiger partial charge in [0, 0.05) is 16.5 Å². The average molecular weight is 387 g/mol. The standard InChI is InChI=1S/C28H31F/c1-3-5-7-8-9-22-11-13-23(14-12-22)15-16-24-17-20-27-26(21-24)19-18-25(28(27)29)10-6-4-2/h11-14,17-21H,3-10H2,1-2H3. The first-order valence-electron chi connectivity index (χ1n) is 11.0. The van der Waals surface area contributed by atoms with E-state index in [1.165, 1.54) is 31.2 Å². The molecule has 0 aliphatic rings. The number of fused-ring (bicyclic) bond motifs is 1. The Kier molecular flexibility index (Phi) is 7.88. The van der Waals surface area contributed by atoms with Crippen molar-refractivity contribution < 1.29 is 4.39 Å². The van der Waals surface area contributed by atoms with E-state index in [4.69, 9.17) is 0 Å². The molecule has 0 unspecified atom stereocenters. The van der Waals surface area contributed by atoms with Gasteiger partial charge >= 0.3 is 0 Å². The van der Waals surface area contributed by atoms with E-state index in [-0.39, 0.29) is 5.82 Å². The Bertz CT molecular complexity index is 986.